The van der Waals surface area contributed by atoms with Gasteiger partial charge in [0.2, 0.25) is 0 Å². The molecular formula is C10H7BrF7N. The fourth-order valence-electron chi connectivity index (χ4n) is 1.50. The maximum absolute atomic E-state index is 12.9. The van der Waals surface area contributed by atoms with Crippen LogP contribution < -0.4 is 5.73 Å². The zero-order valence-corrected chi connectivity index (χ0v) is 10.6. The summed E-state index contributed by atoms with van der Waals surface area (Å²) in [7, 11) is 0. The van der Waals surface area contributed by atoms with Crippen LogP contribution in [0.5, 0.6) is 0 Å². The Labute approximate surface area is 111 Å². The third-order valence-corrected chi connectivity index (χ3v) is 3.00. The fraction of sp³-hybridized carbons (Fsp3) is 0.400. The van der Waals surface area contributed by atoms with Crippen molar-refractivity contribution in [3.63, 3.8) is 0 Å². The summed E-state index contributed by atoms with van der Waals surface area (Å²) >= 11 is 2.67. The van der Waals surface area contributed by atoms with E-state index in [9.17, 15) is 30.7 Å². The molecule has 0 fully saturated rings. The van der Waals surface area contributed by atoms with Gasteiger partial charge in [0.1, 0.15) is 5.82 Å². The van der Waals surface area contributed by atoms with E-state index in [1.165, 1.54) is 0 Å². The molecular weight excluding hydrogens is 347 g/mol. The first-order valence-corrected chi connectivity index (χ1v) is 5.58. The van der Waals surface area contributed by atoms with Gasteiger partial charge in [0, 0.05) is 0 Å². The summed E-state index contributed by atoms with van der Waals surface area (Å²) in [5, 5.41) is 0. The van der Waals surface area contributed by atoms with Crippen LogP contribution in [0.15, 0.2) is 22.7 Å². The van der Waals surface area contributed by atoms with E-state index in [0.29, 0.717) is 0 Å². The number of nitrogens with two attached hydrogens (primary N) is 1. The van der Waals surface area contributed by atoms with Crippen LogP contribution in [0.25, 0.3) is 0 Å². The van der Waals surface area contributed by atoms with Crippen LogP contribution in [-0.2, 0) is 0 Å². The molecule has 0 aromatic heterocycles. The van der Waals surface area contributed by atoms with Gasteiger partial charge >= 0.3 is 12.4 Å². The van der Waals surface area contributed by atoms with Crippen LogP contribution in [0.4, 0.5) is 30.7 Å². The first-order chi connectivity index (χ1) is 8.44. The van der Waals surface area contributed by atoms with Crippen LogP contribution in [0, 0.1) is 11.7 Å². The Morgan fingerprint density at radius 1 is 1.00 bits per heavy atom. The zero-order chi connectivity index (χ0) is 15.0. The molecule has 1 unspecified atom stereocenters. The summed E-state index contributed by atoms with van der Waals surface area (Å²) in [6.07, 6.45) is -11.1. The molecule has 1 aromatic carbocycles. The van der Waals surface area contributed by atoms with Gasteiger partial charge in [0.25, 0.3) is 0 Å². The van der Waals surface area contributed by atoms with Crippen LogP contribution in [0.2, 0.25) is 0 Å². The van der Waals surface area contributed by atoms with Crippen molar-refractivity contribution in [3.05, 3.63) is 34.1 Å². The number of hydrogen-bond donors (Lipinski definition) is 1. The van der Waals surface area contributed by atoms with Gasteiger partial charge in [0.05, 0.1) is 10.5 Å². The molecule has 2 N–H and O–H groups in total. The molecule has 0 saturated carbocycles. The van der Waals surface area contributed by atoms with Gasteiger partial charge in [-0.25, -0.2) is 4.39 Å². The third-order valence-electron chi connectivity index (χ3n) is 2.39. The van der Waals surface area contributed by atoms with E-state index < -0.39 is 35.7 Å². The molecule has 0 radical (unpaired) electrons. The molecule has 0 aliphatic heterocycles. The van der Waals surface area contributed by atoms with Crippen LogP contribution in [0.3, 0.4) is 0 Å². The van der Waals surface area contributed by atoms with Gasteiger partial charge in [-0.05, 0) is 33.6 Å². The minimum Gasteiger partial charge on any atom is -0.323 e. The van der Waals surface area contributed by atoms with E-state index in [2.05, 4.69) is 15.9 Å². The summed E-state index contributed by atoms with van der Waals surface area (Å²) in [5.74, 6) is -4.52. The molecule has 1 rings (SSSR count). The largest absolute Gasteiger partial charge is 0.402 e. The zero-order valence-electron chi connectivity index (χ0n) is 8.99. The molecule has 0 amide bonds. The van der Waals surface area contributed by atoms with E-state index in [4.69, 9.17) is 5.73 Å². The van der Waals surface area contributed by atoms with Crippen molar-refractivity contribution in [1.29, 1.82) is 0 Å². The second kappa shape index (κ2) is 5.28. The van der Waals surface area contributed by atoms with Crippen molar-refractivity contribution in [2.45, 2.75) is 18.4 Å². The molecule has 19 heavy (non-hydrogen) atoms. The summed E-state index contributed by atoms with van der Waals surface area (Å²) < 4.78 is 87.3. The normalized spacial score (nSPS) is 14.8. The van der Waals surface area contributed by atoms with Crippen LogP contribution >= 0.6 is 15.9 Å². The van der Waals surface area contributed by atoms with Gasteiger partial charge in [-0.2, -0.15) is 26.3 Å². The average Bonchev–Trinajstić information content (AvgIpc) is 2.17. The minimum absolute atomic E-state index is 0.261. The Kier molecular flexibility index (Phi) is 4.51. The van der Waals surface area contributed by atoms with Gasteiger partial charge in [-0.1, -0.05) is 6.07 Å². The molecule has 0 spiro atoms. The molecule has 1 nitrogen and oxygen atoms in total. The topological polar surface area (TPSA) is 26.0 Å². The molecule has 1 atom stereocenters. The average molecular weight is 354 g/mol. The van der Waals surface area contributed by atoms with Gasteiger partial charge in [-0.3, -0.25) is 0 Å². The maximum atomic E-state index is 12.9. The van der Waals surface area contributed by atoms with Gasteiger partial charge in [-0.15, -0.1) is 0 Å². The standard InChI is InChI=1S/C10H7BrF7N/c11-5-3-4(1-2-6(5)12)7(19)8(9(13,14)15)10(16,17)18/h1-3,7-8H,19H2. The highest BCUT2D eigenvalue weighted by molar-refractivity contribution is 9.10. The summed E-state index contributed by atoms with van der Waals surface area (Å²) in [6.45, 7) is 0. The van der Waals surface area contributed by atoms with E-state index in [1.54, 1.807) is 0 Å². The Morgan fingerprint density at radius 2 is 1.47 bits per heavy atom. The first kappa shape index (κ1) is 16.2. The minimum atomic E-state index is -5.54. The maximum Gasteiger partial charge on any atom is 0.402 e. The first-order valence-electron chi connectivity index (χ1n) is 4.78. The molecule has 1 aromatic rings. The van der Waals surface area contributed by atoms with Crippen molar-refractivity contribution in [2.75, 3.05) is 0 Å². The smallest absolute Gasteiger partial charge is 0.323 e. The number of rotatable bonds is 2. The number of halogens is 8. The second-order valence-electron chi connectivity index (χ2n) is 3.76. The Balaban J connectivity index is 3.20. The SMILES string of the molecule is NC(c1ccc(F)c(Br)c1)C(C(F)(F)F)C(F)(F)F. The lowest BCUT2D eigenvalue weighted by molar-refractivity contribution is -0.290. The van der Waals surface area contributed by atoms with Crippen LogP contribution in [0.1, 0.15) is 11.6 Å². The van der Waals surface area contributed by atoms with E-state index in [-0.39, 0.29) is 4.47 Å². The predicted molar refractivity (Wildman–Crippen MR) is 56.6 cm³/mol. The summed E-state index contributed by atoms with van der Waals surface area (Å²) in [4.78, 5) is 0. The Bertz CT molecular complexity index is 440. The molecule has 0 saturated heterocycles. The third kappa shape index (κ3) is 3.82. The number of benzene rings is 1. The van der Waals surface area contributed by atoms with Crippen molar-refractivity contribution < 1.29 is 30.7 Å². The molecule has 0 aliphatic carbocycles. The van der Waals surface area contributed by atoms with E-state index in [1.807, 2.05) is 0 Å². The molecule has 0 bridgehead atoms. The Hall–Kier alpha value is -0.830. The van der Waals surface area contributed by atoms with E-state index in [0.717, 1.165) is 18.2 Å². The predicted octanol–water partition coefficient (Wildman–Crippen LogP) is 4.33. The van der Waals surface area contributed by atoms with Crippen molar-refractivity contribution in [2.24, 2.45) is 11.7 Å². The summed E-state index contributed by atoms with van der Waals surface area (Å²) in [6, 6.07) is -0.0418. The molecule has 9 heteroatoms. The number of alkyl halides is 6. The highest BCUT2D eigenvalue weighted by Gasteiger charge is 2.59. The highest BCUT2D eigenvalue weighted by atomic mass is 79.9. The fourth-order valence-corrected chi connectivity index (χ4v) is 1.90. The van der Waals surface area contributed by atoms with E-state index >= 15 is 0 Å². The lowest BCUT2D eigenvalue weighted by Crippen LogP contribution is -2.44. The molecule has 0 heterocycles. The summed E-state index contributed by atoms with van der Waals surface area (Å²) in [5.41, 5.74) is 4.58. The highest BCUT2D eigenvalue weighted by Crippen LogP contribution is 2.45. The Morgan fingerprint density at radius 3 is 1.84 bits per heavy atom. The molecule has 0 aliphatic rings. The lowest BCUT2D eigenvalue weighted by Gasteiger charge is -2.28. The monoisotopic (exact) mass is 353 g/mol. The quantitative estimate of drug-likeness (QED) is 0.787. The second-order valence-corrected chi connectivity index (χ2v) is 4.61. The van der Waals surface area contributed by atoms with Gasteiger partial charge < -0.3 is 5.73 Å². The van der Waals surface area contributed by atoms with Crippen molar-refractivity contribution >= 4 is 15.9 Å². The number of hydrogen-bond acceptors (Lipinski definition) is 1. The van der Waals surface area contributed by atoms with Crippen molar-refractivity contribution in [3.8, 4) is 0 Å². The molecule has 108 valence electrons. The lowest BCUT2D eigenvalue weighted by atomic mass is 9.92. The van der Waals surface area contributed by atoms with Crippen LogP contribution in [-0.4, -0.2) is 12.4 Å². The van der Waals surface area contributed by atoms with Crippen molar-refractivity contribution in [1.82, 2.24) is 0 Å². The van der Waals surface area contributed by atoms with Gasteiger partial charge in [0.15, 0.2) is 5.92 Å².